The largest absolute Gasteiger partial charge is 0.314 e. The predicted molar refractivity (Wildman–Crippen MR) is 57.9 cm³/mol. The molecule has 0 N–H and O–H groups in total. The molecular weight excluding hydrogens is 230 g/mol. The lowest BCUT2D eigenvalue weighted by atomic mass is 10.1. The molecule has 0 aliphatic heterocycles. The zero-order valence-electron chi connectivity index (χ0n) is 7.96. The molecular formula is C10H14BrNO. The Morgan fingerprint density at radius 3 is 2.92 bits per heavy atom. The molecule has 0 aromatic carbocycles. The third kappa shape index (κ3) is 2.69. The summed E-state index contributed by atoms with van der Waals surface area (Å²) in [6.07, 6.45) is 2.93. The maximum absolute atomic E-state index is 11.5. The molecule has 0 fully saturated rings. The molecule has 13 heavy (non-hydrogen) atoms. The van der Waals surface area contributed by atoms with Crippen LogP contribution in [0, 0.1) is 5.92 Å². The van der Waals surface area contributed by atoms with Crippen LogP contribution >= 0.6 is 15.9 Å². The fraction of sp³-hybridized carbons (Fsp3) is 0.500. The van der Waals surface area contributed by atoms with E-state index in [1.807, 2.05) is 12.3 Å². The van der Waals surface area contributed by atoms with Crippen LogP contribution in [0.25, 0.3) is 0 Å². The molecule has 1 heterocycles. The number of hydrogen-bond acceptors (Lipinski definition) is 1. The monoisotopic (exact) mass is 243 g/mol. The van der Waals surface area contributed by atoms with E-state index in [0.717, 1.165) is 13.0 Å². The van der Waals surface area contributed by atoms with E-state index < -0.39 is 0 Å². The minimum absolute atomic E-state index is 0.0581. The molecule has 0 aliphatic rings. The van der Waals surface area contributed by atoms with E-state index in [9.17, 15) is 4.79 Å². The highest BCUT2D eigenvalue weighted by molar-refractivity contribution is 9.10. The molecule has 0 spiro atoms. The Morgan fingerprint density at radius 2 is 2.31 bits per heavy atom. The number of nitrogens with zero attached hydrogens (tertiary/aromatic N) is 1. The van der Waals surface area contributed by atoms with Crippen molar-refractivity contribution in [1.29, 1.82) is 0 Å². The predicted octanol–water partition coefficient (Wildman–Crippen LogP) is 2.66. The molecule has 1 aromatic heterocycles. The molecule has 72 valence electrons. The van der Waals surface area contributed by atoms with Crippen LogP contribution in [-0.4, -0.2) is 4.57 Å². The highest BCUT2D eigenvalue weighted by atomic mass is 79.9. The minimum atomic E-state index is 0.0581. The smallest absolute Gasteiger partial charge is 0.264 e. The van der Waals surface area contributed by atoms with Gasteiger partial charge in [0, 0.05) is 12.7 Å². The van der Waals surface area contributed by atoms with Crippen molar-refractivity contribution in [3.8, 4) is 0 Å². The maximum atomic E-state index is 11.5. The van der Waals surface area contributed by atoms with Gasteiger partial charge in [-0.15, -0.1) is 0 Å². The van der Waals surface area contributed by atoms with Gasteiger partial charge in [-0.1, -0.05) is 20.3 Å². The Kier molecular flexibility index (Phi) is 3.72. The number of pyridine rings is 1. The first-order chi connectivity index (χ1) is 6.15. The summed E-state index contributed by atoms with van der Waals surface area (Å²) in [5.74, 6) is 0.548. The third-order valence-corrected chi connectivity index (χ3v) is 2.78. The fourth-order valence-electron chi connectivity index (χ4n) is 1.12. The standard InChI is InChI=1S/C10H14BrNO/c1-3-8(2)7-12-6-4-5-9(11)10(12)13/h4-6,8H,3,7H2,1-2H3. The van der Waals surface area contributed by atoms with Crippen molar-refractivity contribution in [1.82, 2.24) is 4.57 Å². The molecule has 1 aromatic rings. The molecule has 3 heteroatoms. The third-order valence-electron chi connectivity index (χ3n) is 2.18. The van der Waals surface area contributed by atoms with E-state index >= 15 is 0 Å². The number of hydrogen-bond donors (Lipinski definition) is 0. The Labute approximate surface area is 86.7 Å². The van der Waals surface area contributed by atoms with Crippen molar-refractivity contribution in [3.63, 3.8) is 0 Å². The molecule has 0 saturated carbocycles. The van der Waals surface area contributed by atoms with E-state index in [1.54, 1.807) is 10.6 Å². The van der Waals surface area contributed by atoms with Crippen LogP contribution in [0.5, 0.6) is 0 Å². The van der Waals surface area contributed by atoms with Gasteiger partial charge >= 0.3 is 0 Å². The maximum Gasteiger partial charge on any atom is 0.264 e. The van der Waals surface area contributed by atoms with Crippen LogP contribution < -0.4 is 5.56 Å². The van der Waals surface area contributed by atoms with Gasteiger partial charge in [-0.3, -0.25) is 4.79 Å². The molecule has 0 aliphatic carbocycles. The van der Waals surface area contributed by atoms with Gasteiger partial charge in [-0.05, 0) is 34.0 Å². The van der Waals surface area contributed by atoms with Gasteiger partial charge in [0.1, 0.15) is 0 Å². The summed E-state index contributed by atoms with van der Waals surface area (Å²) in [6.45, 7) is 5.08. The van der Waals surface area contributed by atoms with Gasteiger partial charge in [0.25, 0.3) is 5.56 Å². The van der Waals surface area contributed by atoms with Gasteiger partial charge in [0.2, 0.25) is 0 Å². The second-order valence-corrected chi connectivity index (χ2v) is 4.18. The van der Waals surface area contributed by atoms with E-state index in [-0.39, 0.29) is 5.56 Å². The van der Waals surface area contributed by atoms with Gasteiger partial charge < -0.3 is 4.57 Å². The van der Waals surface area contributed by atoms with Crippen LogP contribution in [0.15, 0.2) is 27.6 Å². The lowest BCUT2D eigenvalue weighted by Crippen LogP contribution is -2.22. The minimum Gasteiger partial charge on any atom is -0.314 e. The van der Waals surface area contributed by atoms with Crippen molar-refractivity contribution in [3.05, 3.63) is 33.2 Å². The summed E-state index contributed by atoms with van der Waals surface area (Å²) in [4.78, 5) is 11.5. The van der Waals surface area contributed by atoms with Crippen molar-refractivity contribution in [2.75, 3.05) is 0 Å². The number of halogens is 1. The zero-order chi connectivity index (χ0) is 9.84. The normalized spacial score (nSPS) is 12.8. The summed E-state index contributed by atoms with van der Waals surface area (Å²) >= 11 is 3.22. The molecule has 1 rings (SSSR count). The average Bonchev–Trinajstić information content (AvgIpc) is 2.13. The summed E-state index contributed by atoms with van der Waals surface area (Å²) in [5.41, 5.74) is 0.0581. The van der Waals surface area contributed by atoms with Crippen molar-refractivity contribution in [2.24, 2.45) is 5.92 Å². The van der Waals surface area contributed by atoms with E-state index in [1.165, 1.54) is 0 Å². The van der Waals surface area contributed by atoms with Gasteiger partial charge in [0.15, 0.2) is 0 Å². The zero-order valence-corrected chi connectivity index (χ0v) is 9.54. The van der Waals surface area contributed by atoms with E-state index in [0.29, 0.717) is 10.4 Å². The van der Waals surface area contributed by atoms with Crippen molar-refractivity contribution < 1.29 is 0 Å². The quantitative estimate of drug-likeness (QED) is 0.801. The second-order valence-electron chi connectivity index (χ2n) is 3.33. The van der Waals surface area contributed by atoms with Gasteiger partial charge in [-0.25, -0.2) is 0 Å². The summed E-state index contributed by atoms with van der Waals surface area (Å²) < 4.78 is 2.39. The molecule has 2 nitrogen and oxygen atoms in total. The average molecular weight is 244 g/mol. The summed E-state index contributed by atoms with van der Waals surface area (Å²) in [6, 6.07) is 3.66. The topological polar surface area (TPSA) is 22.0 Å². The molecule has 1 atom stereocenters. The molecule has 0 amide bonds. The Morgan fingerprint density at radius 1 is 1.62 bits per heavy atom. The van der Waals surface area contributed by atoms with E-state index in [4.69, 9.17) is 0 Å². The molecule has 1 unspecified atom stereocenters. The number of rotatable bonds is 3. The first-order valence-corrected chi connectivity index (χ1v) is 5.29. The SMILES string of the molecule is CCC(C)Cn1cccc(Br)c1=O. The van der Waals surface area contributed by atoms with Crippen LogP contribution in [0.2, 0.25) is 0 Å². The molecule has 0 bridgehead atoms. The lowest BCUT2D eigenvalue weighted by Gasteiger charge is -2.10. The van der Waals surface area contributed by atoms with E-state index in [2.05, 4.69) is 29.8 Å². The van der Waals surface area contributed by atoms with Crippen LogP contribution in [0.4, 0.5) is 0 Å². The Bertz CT molecular complexity index is 332. The van der Waals surface area contributed by atoms with Crippen LogP contribution in [0.3, 0.4) is 0 Å². The highest BCUT2D eigenvalue weighted by Crippen LogP contribution is 2.05. The second kappa shape index (κ2) is 4.61. The fourth-order valence-corrected chi connectivity index (χ4v) is 1.50. The lowest BCUT2D eigenvalue weighted by molar-refractivity contribution is 0.459. The molecule has 0 saturated heterocycles. The Hall–Kier alpha value is -0.570. The van der Waals surface area contributed by atoms with Crippen LogP contribution in [-0.2, 0) is 6.54 Å². The summed E-state index contributed by atoms with van der Waals surface area (Å²) in [7, 11) is 0. The van der Waals surface area contributed by atoms with Crippen LogP contribution in [0.1, 0.15) is 20.3 Å². The van der Waals surface area contributed by atoms with Crippen molar-refractivity contribution in [2.45, 2.75) is 26.8 Å². The Balaban J connectivity index is 2.89. The van der Waals surface area contributed by atoms with Crippen molar-refractivity contribution >= 4 is 15.9 Å². The first kappa shape index (κ1) is 10.5. The highest BCUT2D eigenvalue weighted by Gasteiger charge is 2.03. The first-order valence-electron chi connectivity index (χ1n) is 4.50. The number of aromatic nitrogens is 1. The summed E-state index contributed by atoms with van der Waals surface area (Å²) in [5, 5.41) is 0. The molecule has 0 radical (unpaired) electrons. The van der Waals surface area contributed by atoms with Gasteiger partial charge in [0.05, 0.1) is 4.47 Å². The van der Waals surface area contributed by atoms with Gasteiger partial charge in [-0.2, -0.15) is 0 Å².